The number of nitrogens with one attached hydrogen (secondary N) is 2. The van der Waals surface area contributed by atoms with Crippen LogP contribution in [0.3, 0.4) is 0 Å². The third-order valence-electron chi connectivity index (χ3n) is 12.1. The van der Waals surface area contributed by atoms with Crippen molar-refractivity contribution in [1.29, 1.82) is 5.26 Å². The van der Waals surface area contributed by atoms with Crippen LogP contribution in [0.1, 0.15) is 64.5 Å². The summed E-state index contributed by atoms with van der Waals surface area (Å²) in [6, 6.07) is 9.48. The molecule has 1 aromatic carbocycles. The summed E-state index contributed by atoms with van der Waals surface area (Å²) in [4.78, 5) is 55.6. The number of hydrogen-bond donors (Lipinski definition) is 2. The van der Waals surface area contributed by atoms with Gasteiger partial charge in [-0.2, -0.15) is 5.26 Å². The van der Waals surface area contributed by atoms with Gasteiger partial charge in [0.05, 0.1) is 46.5 Å². The molecule has 1 aliphatic carbocycles. The predicted molar refractivity (Wildman–Crippen MR) is 220 cm³/mol. The number of esters is 1. The number of nitriles is 1. The van der Waals surface area contributed by atoms with Crippen LogP contribution in [0.4, 0.5) is 5.69 Å². The maximum Gasteiger partial charge on any atom is 0.324 e. The van der Waals surface area contributed by atoms with Gasteiger partial charge < -0.3 is 24.4 Å². The Morgan fingerprint density at radius 1 is 1.11 bits per heavy atom. The Morgan fingerprint density at radius 3 is 2.61 bits per heavy atom. The molecule has 3 aromatic heterocycles. The summed E-state index contributed by atoms with van der Waals surface area (Å²) in [6.07, 6.45) is 6.51. The van der Waals surface area contributed by atoms with Crippen molar-refractivity contribution in [2.24, 2.45) is 17.3 Å². The molecule has 0 spiro atoms. The zero-order chi connectivity index (χ0) is 40.2. The van der Waals surface area contributed by atoms with Crippen LogP contribution in [0.2, 0.25) is 0 Å². The smallest absolute Gasteiger partial charge is 0.324 e. The summed E-state index contributed by atoms with van der Waals surface area (Å²) in [5, 5.41) is 18.9. The highest BCUT2D eigenvalue weighted by Gasteiger charge is 2.42. The van der Waals surface area contributed by atoms with Crippen LogP contribution >= 0.6 is 11.3 Å². The maximum absolute atomic E-state index is 14.1. The van der Waals surface area contributed by atoms with Gasteiger partial charge in [0.2, 0.25) is 5.91 Å². The van der Waals surface area contributed by atoms with E-state index in [2.05, 4.69) is 70.3 Å². The minimum Gasteiger partial charge on any atom is -0.464 e. The lowest BCUT2D eigenvalue weighted by molar-refractivity contribution is -0.155. The van der Waals surface area contributed by atoms with Crippen molar-refractivity contribution < 1.29 is 19.1 Å². The largest absolute Gasteiger partial charge is 0.464 e. The monoisotopic (exact) mass is 791 g/mol. The third-order valence-corrected chi connectivity index (χ3v) is 12.9. The summed E-state index contributed by atoms with van der Waals surface area (Å²) in [6.45, 7) is 14.4. The van der Waals surface area contributed by atoms with Crippen molar-refractivity contribution in [3.8, 4) is 28.6 Å². The second-order valence-electron chi connectivity index (χ2n) is 17.8. The van der Waals surface area contributed by atoms with Crippen molar-refractivity contribution in [3.63, 3.8) is 0 Å². The Labute approximate surface area is 338 Å². The van der Waals surface area contributed by atoms with E-state index in [0.717, 1.165) is 82.3 Å². The molecule has 13 nitrogen and oxygen atoms in total. The molecular weight excluding hydrogens is 739 g/mol. The fraction of sp³-hybridized carbons (Fsp3) is 0.535. The molecule has 14 heteroatoms. The number of thiazole rings is 1. The van der Waals surface area contributed by atoms with E-state index in [-0.39, 0.29) is 36.7 Å². The van der Waals surface area contributed by atoms with Crippen molar-refractivity contribution >= 4 is 45.7 Å². The lowest BCUT2D eigenvalue weighted by Gasteiger charge is -2.35. The van der Waals surface area contributed by atoms with Crippen LogP contribution in [0.15, 0.2) is 42.0 Å². The number of fused-ring (bicyclic) bond motifs is 6. The van der Waals surface area contributed by atoms with Gasteiger partial charge >= 0.3 is 5.97 Å². The molecule has 3 fully saturated rings. The van der Waals surface area contributed by atoms with Crippen LogP contribution in [0.5, 0.6) is 0 Å². The predicted octanol–water partition coefficient (Wildman–Crippen LogP) is 5.14. The van der Waals surface area contributed by atoms with E-state index in [0.29, 0.717) is 25.8 Å². The highest BCUT2D eigenvalue weighted by molar-refractivity contribution is 7.10. The molecular formula is C43H53N9O4S. The van der Waals surface area contributed by atoms with E-state index < -0.39 is 29.0 Å². The molecule has 57 heavy (non-hydrogen) atoms. The molecule has 2 amide bonds. The number of hydrogen-bond acceptors (Lipinski definition) is 11. The van der Waals surface area contributed by atoms with E-state index in [4.69, 9.17) is 14.7 Å². The van der Waals surface area contributed by atoms with Crippen LogP contribution in [-0.4, -0.2) is 101 Å². The lowest BCUT2D eigenvalue weighted by Crippen LogP contribution is -2.60. The quantitative estimate of drug-likeness (QED) is 0.261. The normalized spacial score (nSPS) is 24.4. The molecule has 0 radical (unpaired) electrons. The molecule has 300 valence electrons. The molecule has 4 aliphatic rings. The molecule has 4 atom stereocenters. The Morgan fingerprint density at radius 2 is 1.88 bits per heavy atom. The Balaban J connectivity index is 1.26. The van der Waals surface area contributed by atoms with E-state index in [1.54, 1.807) is 0 Å². The average molecular weight is 792 g/mol. The number of nitrogens with zero attached hydrogens (tertiary/aromatic N) is 7. The zero-order valence-electron chi connectivity index (χ0n) is 33.8. The molecule has 1 saturated carbocycles. The van der Waals surface area contributed by atoms with Gasteiger partial charge in [-0.1, -0.05) is 26.8 Å². The second-order valence-corrected chi connectivity index (χ2v) is 18.7. The first kappa shape index (κ1) is 39.0. The molecule has 2 saturated heterocycles. The Hall–Kier alpha value is -4.84. The Kier molecular flexibility index (Phi) is 10.4. The number of ether oxygens (including phenoxy) is 1. The standard InChI is InChI=1S/C43H53N9O4S/c1-26-16-30(26)39(53)47-34-19-37-46-35(23-57-37)27-9-10-36-31(18-27)32(20-42(2,3)25-56-41(55)33-8-7-11-51(48-33)40(34)54)38(52(36)43(4,5)24-44)28-17-29(22-45-21-28)50-14-12-49(6)13-15-50/h9-10,17-18,21-23,26,30,33-34,48H,7-8,11-16,19-20,25H2,1-6H3,(H,47,53)/t26-,30-,33-,34-/m0/s1. The number of piperazine rings is 1. The number of pyridine rings is 1. The molecule has 2 N–H and O–H groups in total. The number of amides is 2. The number of cyclic esters (lactones) is 1. The first-order chi connectivity index (χ1) is 27.2. The molecule has 0 unspecified atom stereocenters. The molecule has 4 aromatic rings. The van der Waals surface area contributed by atoms with Gasteiger partial charge in [0.15, 0.2) is 0 Å². The second kappa shape index (κ2) is 15.2. The highest BCUT2D eigenvalue weighted by Crippen LogP contribution is 2.43. The Bertz CT molecular complexity index is 2250. The molecule has 6 bridgehead atoms. The van der Waals surface area contributed by atoms with E-state index in [9.17, 15) is 19.6 Å². The zero-order valence-corrected chi connectivity index (χ0v) is 34.6. The lowest BCUT2D eigenvalue weighted by atomic mass is 9.84. The van der Waals surface area contributed by atoms with Crippen molar-refractivity contribution in [2.45, 2.75) is 84.3 Å². The minimum absolute atomic E-state index is 0.104. The van der Waals surface area contributed by atoms with Crippen molar-refractivity contribution in [2.75, 3.05) is 51.3 Å². The summed E-state index contributed by atoms with van der Waals surface area (Å²) in [7, 11) is 2.14. The van der Waals surface area contributed by atoms with Gasteiger partial charge in [-0.15, -0.1) is 11.3 Å². The molecule has 3 aliphatic heterocycles. The van der Waals surface area contributed by atoms with Gasteiger partial charge in [0.25, 0.3) is 5.91 Å². The third kappa shape index (κ3) is 7.89. The molecule has 6 heterocycles. The van der Waals surface area contributed by atoms with Crippen molar-refractivity contribution in [3.05, 3.63) is 52.6 Å². The number of likely N-dealkylation sites (N-methyl/N-ethyl adjacent to an activating group) is 1. The number of carbonyl (C=O) groups excluding carboxylic acids is 3. The van der Waals surface area contributed by atoms with Gasteiger partial charge in [0.1, 0.15) is 17.6 Å². The fourth-order valence-corrected chi connectivity index (χ4v) is 9.35. The van der Waals surface area contributed by atoms with Crippen LogP contribution < -0.4 is 15.6 Å². The highest BCUT2D eigenvalue weighted by atomic mass is 32.1. The summed E-state index contributed by atoms with van der Waals surface area (Å²) < 4.78 is 8.23. The fourth-order valence-electron chi connectivity index (χ4n) is 8.50. The number of aromatic nitrogens is 3. The number of anilines is 1. The first-order valence-corrected chi connectivity index (χ1v) is 21.1. The first-order valence-electron chi connectivity index (χ1n) is 20.2. The van der Waals surface area contributed by atoms with Gasteiger partial charge in [-0.05, 0) is 76.3 Å². The van der Waals surface area contributed by atoms with E-state index >= 15 is 0 Å². The van der Waals surface area contributed by atoms with Gasteiger partial charge in [0, 0.05) is 78.6 Å². The number of benzene rings is 1. The SMILES string of the molecule is C[C@H]1C[C@@H]1C(=O)N[C@H]1Cc2nc(cs2)-c2ccc3c(c2)c(c(-c2cncc(N4CCN(C)CC4)c2)n3C(C)(C)C#N)CC(C)(C)COC(=O)[C@@H]2CCCN(N2)C1=O. The van der Waals surface area contributed by atoms with Crippen LogP contribution in [0.25, 0.3) is 33.4 Å². The van der Waals surface area contributed by atoms with Crippen molar-refractivity contribution in [1.82, 2.24) is 35.2 Å². The van der Waals surface area contributed by atoms with E-state index in [1.807, 2.05) is 44.6 Å². The average Bonchev–Trinajstić information content (AvgIpc) is 3.61. The topological polar surface area (TPSA) is 149 Å². The minimum atomic E-state index is -0.931. The summed E-state index contributed by atoms with van der Waals surface area (Å²) in [5.41, 5.74) is 8.17. The van der Waals surface area contributed by atoms with Gasteiger partial charge in [-0.25, -0.2) is 10.4 Å². The summed E-state index contributed by atoms with van der Waals surface area (Å²) >= 11 is 1.46. The number of carbonyl (C=O) groups is 3. The number of hydrazine groups is 1. The maximum atomic E-state index is 14.1. The van der Waals surface area contributed by atoms with Crippen LogP contribution in [-0.2, 0) is 37.5 Å². The number of rotatable bonds is 5. The molecule has 8 rings (SSSR count). The van der Waals surface area contributed by atoms with Gasteiger partial charge in [-0.3, -0.25) is 24.4 Å². The summed E-state index contributed by atoms with van der Waals surface area (Å²) in [5.74, 6) is -0.657. The van der Waals surface area contributed by atoms with Crippen LogP contribution in [0, 0.1) is 28.6 Å². The van der Waals surface area contributed by atoms with E-state index in [1.165, 1.54) is 16.3 Å².